The van der Waals surface area contributed by atoms with Crippen LogP contribution in [-0.2, 0) is 14.3 Å². The average Bonchev–Trinajstić information content (AvgIpc) is 2.89. The number of nitrogens with one attached hydrogen (secondary N) is 2. The molecule has 40 heavy (non-hydrogen) atoms. The van der Waals surface area contributed by atoms with Gasteiger partial charge in [-0.25, -0.2) is 14.5 Å². The highest BCUT2D eigenvalue weighted by Gasteiger charge is 2.33. The highest BCUT2D eigenvalue weighted by molar-refractivity contribution is 5.93. The van der Waals surface area contributed by atoms with Gasteiger partial charge in [0.1, 0.15) is 12.7 Å². The van der Waals surface area contributed by atoms with Crippen molar-refractivity contribution in [2.24, 2.45) is 0 Å². The zero-order valence-corrected chi connectivity index (χ0v) is 27.0. The fourth-order valence-electron chi connectivity index (χ4n) is 4.50. The molecule has 0 saturated carbocycles. The summed E-state index contributed by atoms with van der Waals surface area (Å²) in [6.07, 6.45) is 19.7. The number of unbranched alkanes of at least 4 members (excludes halogenated alkanes) is 15. The first-order valence-corrected chi connectivity index (χ1v) is 15.9. The minimum Gasteiger partial charge on any atom is -0.447 e. The van der Waals surface area contributed by atoms with Crippen molar-refractivity contribution < 1.29 is 28.3 Å². The number of hydrogen-bond donors (Lipinski definition) is 2. The van der Waals surface area contributed by atoms with Crippen LogP contribution < -0.4 is 10.6 Å². The number of ether oxygens (including phenoxy) is 2. The third-order valence-electron chi connectivity index (χ3n) is 7.57. The molecule has 0 radical (unpaired) electrons. The first-order chi connectivity index (χ1) is 19.0. The molecule has 2 atom stereocenters. The molecule has 9 nitrogen and oxygen atoms in total. The molecule has 0 aromatic carbocycles. The Labute approximate surface area is 245 Å². The van der Waals surface area contributed by atoms with E-state index in [1.165, 1.54) is 109 Å². The minimum absolute atomic E-state index is 0.00648. The van der Waals surface area contributed by atoms with E-state index in [2.05, 4.69) is 17.6 Å². The number of quaternary nitrogens is 1. The lowest BCUT2D eigenvalue weighted by Crippen LogP contribution is -2.59. The van der Waals surface area contributed by atoms with Gasteiger partial charge in [-0.1, -0.05) is 103 Å². The van der Waals surface area contributed by atoms with Crippen LogP contribution in [-0.4, -0.2) is 87.6 Å². The molecule has 4 amide bonds. The van der Waals surface area contributed by atoms with Crippen molar-refractivity contribution in [1.29, 1.82) is 0 Å². The van der Waals surface area contributed by atoms with E-state index in [9.17, 15) is 14.4 Å². The van der Waals surface area contributed by atoms with E-state index in [0.717, 1.165) is 12.8 Å². The molecule has 2 N–H and O–H groups in total. The SMILES string of the molecule is CCCCCCCCCCCCCCCCCCNC(=O)OCC(CNC(=O)N(C(C)=O)C(C)[N+](C)(C)C)OC. The topological polar surface area (TPSA) is 97.0 Å². The molecule has 0 fully saturated rings. The lowest BCUT2D eigenvalue weighted by molar-refractivity contribution is -0.902. The molecule has 0 bridgehead atoms. The van der Waals surface area contributed by atoms with E-state index in [1.807, 2.05) is 28.1 Å². The van der Waals surface area contributed by atoms with Gasteiger partial charge in [0.15, 0.2) is 6.17 Å². The maximum atomic E-state index is 12.6. The van der Waals surface area contributed by atoms with Crippen molar-refractivity contribution in [1.82, 2.24) is 15.5 Å². The monoisotopic (exact) mass is 571 g/mol. The third kappa shape index (κ3) is 20.1. The fourth-order valence-corrected chi connectivity index (χ4v) is 4.50. The summed E-state index contributed by atoms with van der Waals surface area (Å²) in [6, 6.07) is -0.497. The predicted octanol–water partition coefficient (Wildman–Crippen LogP) is 6.60. The molecule has 0 aromatic heterocycles. The summed E-state index contributed by atoms with van der Waals surface area (Å²) in [7, 11) is 7.24. The fraction of sp³-hybridized carbons (Fsp3) is 0.903. The number of carbonyl (C=O) groups excluding carboxylic acids is 3. The van der Waals surface area contributed by atoms with Gasteiger partial charge in [-0.2, -0.15) is 0 Å². The zero-order valence-electron chi connectivity index (χ0n) is 27.0. The maximum absolute atomic E-state index is 12.6. The summed E-state index contributed by atoms with van der Waals surface area (Å²) in [4.78, 5) is 37.9. The van der Waals surface area contributed by atoms with Crippen molar-refractivity contribution in [2.75, 3.05) is 47.9 Å². The number of urea groups is 1. The normalized spacial score (nSPS) is 13.0. The molecule has 9 heteroatoms. The van der Waals surface area contributed by atoms with Crippen LogP contribution in [0.15, 0.2) is 0 Å². The Balaban J connectivity index is 3.81. The van der Waals surface area contributed by atoms with E-state index in [4.69, 9.17) is 9.47 Å². The number of nitrogens with zero attached hydrogens (tertiary/aromatic N) is 2. The Morgan fingerprint density at radius 2 is 1.20 bits per heavy atom. The van der Waals surface area contributed by atoms with Crippen LogP contribution >= 0.6 is 0 Å². The summed E-state index contributed by atoms with van der Waals surface area (Å²) >= 11 is 0. The number of alkyl carbamates (subject to hydrolysis) is 1. The standard InChI is InChI=1S/C31H62N4O5/c1-8-9-10-11-12-13-14-15-16-17-18-19-20-21-22-23-24-32-31(38)40-26-29(39-7)25-33-30(37)34(28(3)36)27(2)35(4,5)6/h27,29H,8-26H2,1-7H3,(H-,32,33,37,38)/p+1. The molecule has 236 valence electrons. The molecule has 0 aliphatic carbocycles. The summed E-state index contributed by atoms with van der Waals surface area (Å²) in [5.41, 5.74) is 0. The van der Waals surface area contributed by atoms with Crippen molar-refractivity contribution in [2.45, 2.75) is 136 Å². The molecular formula is C31H63N4O5+. The first kappa shape index (κ1) is 38.1. The highest BCUT2D eigenvalue weighted by atomic mass is 16.6. The van der Waals surface area contributed by atoms with Crippen LogP contribution in [0.5, 0.6) is 0 Å². The van der Waals surface area contributed by atoms with Crippen LogP contribution in [0.1, 0.15) is 124 Å². The second kappa shape index (κ2) is 23.8. The van der Waals surface area contributed by atoms with Gasteiger partial charge in [0.2, 0.25) is 5.91 Å². The lowest BCUT2D eigenvalue weighted by atomic mass is 10.0. The molecule has 0 heterocycles. The number of hydrogen-bond acceptors (Lipinski definition) is 5. The van der Waals surface area contributed by atoms with Crippen LogP contribution in [0, 0.1) is 0 Å². The number of methoxy groups -OCH3 is 1. The van der Waals surface area contributed by atoms with Gasteiger partial charge >= 0.3 is 12.1 Å². The lowest BCUT2D eigenvalue weighted by Gasteiger charge is -2.37. The molecule has 0 aromatic rings. The van der Waals surface area contributed by atoms with Crippen molar-refractivity contribution in [3.8, 4) is 0 Å². The van der Waals surface area contributed by atoms with E-state index in [1.54, 1.807) is 0 Å². The first-order valence-electron chi connectivity index (χ1n) is 15.9. The second-order valence-electron chi connectivity index (χ2n) is 12.0. The average molecular weight is 572 g/mol. The number of carbonyl (C=O) groups is 3. The molecule has 0 rings (SSSR count). The van der Waals surface area contributed by atoms with Gasteiger partial charge < -0.3 is 24.6 Å². The van der Waals surface area contributed by atoms with E-state index in [-0.39, 0.29) is 25.2 Å². The molecule has 0 aliphatic rings. The van der Waals surface area contributed by atoms with Gasteiger partial charge in [-0.3, -0.25) is 4.79 Å². The quantitative estimate of drug-likeness (QED) is 0.0773. The second-order valence-corrected chi connectivity index (χ2v) is 12.0. The molecule has 0 aliphatic heterocycles. The molecule has 0 spiro atoms. The number of imide groups is 1. The summed E-state index contributed by atoms with van der Waals surface area (Å²) in [5.74, 6) is -0.336. The molecule has 0 saturated heterocycles. The van der Waals surface area contributed by atoms with Gasteiger partial charge in [0, 0.05) is 34.0 Å². The smallest absolute Gasteiger partial charge is 0.407 e. The number of rotatable bonds is 24. The van der Waals surface area contributed by atoms with Gasteiger partial charge in [0.05, 0.1) is 21.1 Å². The van der Waals surface area contributed by atoms with Crippen molar-refractivity contribution in [3.05, 3.63) is 0 Å². The van der Waals surface area contributed by atoms with Gasteiger partial charge in [-0.05, 0) is 6.42 Å². The summed E-state index contributed by atoms with van der Waals surface area (Å²) in [5, 5.41) is 5.50. The molecule has 2 unspecified atom stereocenters. The third-order valence-corrected chi connectivity index (χ3v) is 7.57. The van der Waals surface area contributed by atoms with E-state index < -0.39 is 18.2 Å². The predicted molar refractivity (Wildman–Crippen MR) is 163 cm³/mol. The van der Waals surface area contributed by atoms with Crippen LogP contribution in [0.25, 0.3) is 0 Å². The van der Waals surface area contributed by atoms with Crippen LogP contribution in [0.3, 0.4) is 0 Å². The largest absolute Gasteiger partial charge is 0.447 e. The van der Waals surface area contributed by atoms with Gasteiger partial charge in [-0.15, -0.1) is 0 Å². The van der Waals surface area contributed by atoms with Crippen LogP contribution in [0.4, 0.5) is 9.59 Å². The Bertz CT molecular complexity index is 669. The summed E-state index contributed by atoms with van der Waals surface area (Å²) < 4.78 is 11.0. The minimum atomic E-state index is -0.515. The van der Waals surface area contributed by atoms with E-state index in [0.29, 0.717) is 11.0 Å². The Kier molecular flexibility index (Phi) is 22.7. The van der Waals surface area contributed by atoms with Crippen molar-refractivity contribution >= 4 is 18.0 Å². The van der Waals surface area contributed by atoms with Gasteiger partial charge in [0.25, 0.3) is 0 Å². The molecular weight excluding hydrogens is 508 g/mol. The summed E-state index contributed by atoms with van der Waals surface area (Å²) in [6.45, 7) is 6.17. The van der Waals surface area contributed by atoms with Crippen LogP contribution in [0.2, 0.25) is 0 Å². The maximum Gasteiger partial charge on any atom is 0.407 e. The zero-order chi connectivity index (χ0) is 30.2. The Hall–Kier alpha value is -1.87. The van der Waals surface area contributed by atoms with E-state index >= 15 is 0 Å². The Morgan fingerprint density at radius 1 is 0.750 bits per heavy atom. The van der Waals surface area contributed by atoms with Crippen molar-refractivity contribution in [3.63, 3.8) is 0 Å². The number of amides is 4. The highest BCUT2D eigenvalue weighted by Crippen LogP contribution is 2.14. The Morgan fingerprint density at radius 3 is 1.60 bits per heavy atom.